The van der Waals surface area contributed by atoms with Crippen LogP contribution in [0.15, 0.2) is 48.5 Å². The van der Waals surface area contributed by atoms with Gasteiger partial charge in [0.25, 0.3) is 5.91 Å². The van der Waals surface area contributed by atoms with Crippen molar-refractivity contribution in [2.24, 2.45) is 5.92 Å². The summed E-state index contributed by atoms with van der Waals surface area (Å²) in [7, 11) is 0. The van der Waals surface area contributed by atoms with Crippen LogP contribution in [-0.2, 0) is 16.0 Å². The van der Waals surface area contributed by atoms with Crippen molar-refractivity contribution in [3.63, 3.8) is 0 Å². The summed E-state index contributed by atoms with van der Waals surface area (Å²) in [4.78, 5) is 36.3. The zero-order valence-electron chi connectivity index (χ0n) is 18.1. The molecule has 3 amide bonds. The number of rotatable bonds is 8. The zero-order valence-corrected chi connectivity index (χ0v) is 18.1. The number of hydrogen-bond acceptors (Lipinski definition) is 3. The van der Waals surface area contributed by atoms with Gasteiger partial charge in [0.15, 0.2) is 0 Å². The highest BCUT2D eigenvalue weighted by Crippen LogP contribution is 2.17. The van der Waals surface area contributed by atoms with Crippen LogP contribution in [-0.4, -0.2) is 17.7 Å². The van der Waals surface area contributed by atoms with E-state index in [0.717, 1.165) is 18.4 Å². The molecule has 0 bridgehead atoms. The molecule has 6 heteroatoms. The van der Waals surface area contributed by atoms with Crippen molar-refractivity contribution < 1.29 is 14.4 Å². The number of anilines is 1. The normalized spacial score (nSPS) is 11.6. The second kappa shape index (κ2) is 11.1. The van der Waals surface area contributed by atoms with Crippen molar-refractivity contribution in [2.45, 2.75) is 52.9 Å². The Bertz CT molecular complexity index is 858. The molecule has 3 N–H and O–H groups in total. The lowest BCUT2D eigenvalue weighted by Crippen LogP contribution is -2.43. The van der Waals surface area contributed by atoms with Gasteiger partial charge in [-0.3, -0.25) is 25.2 Å². The van der Waals surface area contributed by atoms with Crippen LogP contribution >= 0.6 is 0 Å². The number of carbonyl (C=O) groups is 3. The largest absolute Gasteiger partial charge is 0.326 e. The average molecular weight is 410 g/mol. The van der Waals surface area contributed by atoms with Crippen LogP contribution in [0.4, 0.5) is 5.69 Å². The molecule has 0 aliphatic carbocycles. The van der Waals surface area contributed by atoms with Crippen molar-refractivity contribution in [2.75, 3.05) is 5.32 Å². The van der Waals surface area contributed by atoms with Gasteiger partial charge < -0.3 is 5.32 Å². The minimum Gasteiger partial charge on any atom is -0.326 e. The molecule has 6 nitrogen and oxygen atoms in total. The molecule has 1 unspecified atom stereocenters. The monoisotopic (exact) mass is 409 g/mol. The van der Waals surface area contributed by atoms with Gasteiger partial charge in [-0.15, -0.1) is 0 Å². The molecule has 160 valence electrons. The molecule has 1 atom stereocenters. The second-order valence-electron chi connectivity index (χ2n) is 7.88. The van der Waals surface area contributed by atoms with Crippen LogP contribution in [0.2, 0.25) is 0 Å². The Balaban J connectivity index is 1.87. The summed E-state index contributed by atoms with van der Waals surface area (Å²) in [5.41, 5.74) is 8.07. The van der Waals surface area contributed by atoms with Crippen molar-refractivity contribution in [3.05, 3.63) is 65.2 Å². The third-order valence-corrected chi connectivity index (χ3v) is 4.72. The first-order valence-corrected chi connectivity index (χ1v) is 10.4. The van der Waals surface area contributed by atoms with Crippen molar-refractivity contribution >= 4 is 23.4 Å². The van der Waals surface area contributed by atoms with Gasteiger partial charge in [0, 0.05) is 17.7 Å². The minimum atomic E-state index is -0.422. The highest BCUT2D eigenvalue weighted by atomic mass is 16.2. The molecule has 0 saturated carbocycles. The molecule has 0 aromatic heterocycles. The third-order valence-electron chi connectivity index (χ3n) is 4.72. The number of hydrazine groups is 1. The summed E-state index contributed by atoms with van der Waals surface area (Å²) in [6.07, 6.45) is 2.22. The van der Waals surface area contributed by atoms with E-state index >= 15 is 0 Å². The lowest BCUT2D eigenvalue weighted by molar-refractivity contribution is -0.123. The Morgan fingerprint density at radius 3 is 2.07 bits per heavy atom. The van der Waals surface area contributed by atoms with Gasteiger partial charge in [0.1, 0.15) is 0 Å². The summed E-state index contributed by atoms with van der Waals surface area (Å²) in [5, 5.41) is 2.77. The molecule has 2 aromatic rings. The number of nitrogens with one attached hydrogen (secondary N) is 3. The Labute approximate surface area is 178 Å². The van der Waals surface area contributed by atoms with Crippen LogP contribution in [0.5, 0.6) is 0 Å². The van der Waals surface area contributed by atoms with Crippen molar-refractivity contribution in [1.29, 1.82) is 0 Å². The predicted octanol–water partition coefficient (Wildman–Crippen LogP) is 4.19. The van der Waals surface area contributed by atoms with E-state index in [2.05, 4.69) is 30.0 Å². The Hall–Kier alpha value is -3.15. The maximum Gasteiger partial charge on any atom is 0.269 e. The Kier molecular flexibility index (Phi) is 8.59. The summed E-state index contributed by atoms with van der Waals surface area (Å²) < 4.78 is 0. The molecule has 30 heavy (non-hydrogen) atoms. The summed E-state index contributed by atoms with van der Waals surface area (Å²) >= 11 is 0. The van der Waals surface area contributed by atoms with E-state index in [4.69, 9.17) is 0 Å². The van der Waals surface area contributed by atoms with E-state index in [1.807, 2.05) is 31.2 Å². The predicted molar refractivity (Wildman–Crippen MR) is 119 cm³/mol. The molecular formula is C24H31N3O3. The molecule has 0 spiro atoms. The van der Waals surface area contributed by atoms with E-state index in [9.17, 15) is 14.4 Å². The molecule has 0 aliphatic heterocycles. The van der Waals surface area contributed by atoms with Gasteiger partial charge >= 0.3 is 0 Å². The summed E-state index contributed by atoms with van der Waals surface area (Å²) in [6, 6.07) is 14.5. The van der Waals surface area contributed by atoms with Crippen LogP contribution in [0.25, 0.3) is 0 Å². The number of hydrogen-bond donors (Lipinski definition) is 3. The quantitative estimate of drug-likeness (QED) is 0.571. The summed E-state index contributed by atoms with van der Waals surface area (Å²) in [6.45, 7) is 8.07. The number of amides is 3. The first kappa shape index (κ1) is 23.1. The summed E-state index contributed by atoms with van der Waals surface area (Å²) in [5.74, 6) is -0.589. The molecule has 2 rings (SSSR count). The minimum absolute atomic E-state index is 0.0619. The molecule has 2 aromatic carbocycles. The topological polar surface area (TPSA) is 87.3 Å². The molecule has 0 fully saturated rings. The van der Waals surface area contributed by atoms with E-state index in [1.54, 1.807) is 31.2 Å². The fourth-order valence-corrected chi connectivity index (χ4v) is 3.02. The zero-order chi connectivity index (χ0) is 22.1. The first-order valence-electron chi connectivity index (χ1n) is 10.4. The van der Waals surface area contributed by atoms with Gasteiger partial charge in [-0.2, -0.15) is 0 Å². The van der Waals surface area contributed by atoms with Crippen LogP contribution < -0.4 is 16.2 Å². The highest BCUT2D eigenvalue weighted by Gasteiger charge is 2.16. The van der Waals surface area contributed by atoms with E-state index in [-0.39, 0.29) is 11.8 Å². The number of carbonyl (C=O) groups excluding carboxylic acids is 3. The van der Waals surface area contributed by atoms with Gasteiger partial charge in [-0.25, -0.2) is 0 Å². The Morgan fingerprint density at radius 1 is 0.867 bits per heavy atom. The van der Waals surface area contributed by atoms with Crippen LogP contribution in [0, 0.1) is 5.92 Å². The fourth-order valence-electron chi connectivity index (χ4n) is 3.02. The van der Waals surface area contributed by atoms with E-state index < -0.39 is 11.8 Å². The lowest BCUT2D eigenvalue weighted by Gasteiger charge is -2.14. The van der Waals surface area contributed by atoms with Crippen LogP contribution in [0.3, 0.4) is 0 Å². The molecule has 0 heterocycles. The van der Waals surface area contributed by atoms with Gasteiger partial charge in [0.2, 0.25) is 11.8 Å². The first-order chi connectivity index (χ1) is 14.3. The lowest BCUT2D eigenvalue weighted by atomic mass is 9.96. The maximum absolute atomic E-state index is 12.4. The van der Waals surface area contributed by atoms with Crippen molar-refractivity contribution in [3.8, 4) is 0 Å². The SMILES string of the molecule is CCCC(=O)Nc1ccc(C(=O)NNC(=O)C(C)c2ccc(CC(C)C)cc2)cc1. The average Bonchev–Trinajstić information content (AvgIpc) is 2.72. The fraction of sp³-hybridized carbons (Fsp3) is 0.375. The van der Waals surface area contributed by atoms with Gasteiger partial charge in [-0.05, 0) is 61.1 Å². The molecule has 0 saturated heterocycles. The highest BCUT2D eigenvalue weighted by molar-refractivity contribution is 5.97. The van der Waals surface area contributed by atoms with Gasteiger partial charge in [0.05, 0.1) is 5.92 Å². The molecule has 0 radical (unpaired) electrons. The molecular weight excluding hydrogens is 378 g/mol. The van der Waals surface area contributed by atoms with Gasteiger partial charge in [-0.1, -0.05) is 45.0 Å². The maximum atomic E-state index is 12.4. The Morgan fingerprint density at radius 2 is 1.50 bits per heavy atom. The number of benzene rings is 2. The third kappa shape index (κ3) is 7.03. The standard InChI is InChI=1S/C24H31N3O3/c1-5-6-22(28)25-21-13-11-20(12-14-21)24(30)27-26-23(29)17(4)19-9-7-18(8-10-19)15-16(2)3/h7-14,16-17H,5-6,15H2,1-4H3,(H,25,28)(H,26,29)(H,27,30). The van der Waals surface area contributed by atoms with E-state index in [0.29, 0.717) is 23.6 Å². The van der Waals surface area contributed by atoms with Crippen LogP contribution in [0.1, 0.15) is 67.9 Å². The second-order valence-corrected chi connectivity index (χ2v) is 7.88. The van der Waals surface area contributed by atoms with E-state index in [1.165, 1.54) is 5.56 Å². The van der Waals surface area contributed by atoms with Crippen molar-refractivity contribution in [1.82, 2.24) is 10.9 Å². The smallest absolute Gasteiger partial charge is 0.269 e. The molecule has 0 aliphatic rings.